The molecule has 0 saturated carbocycles. The van der Waals surface area contributed by atoms with Crippen LogP contribution < -0.4 is 4.72 Å². The van der Waals surface area contributed by atoms with Gasteiger partial charge in [-0.3, -0.25) is 0 Å². The second-order valence-electron chi connectivity index (χ2n) is 5.20. The van der Waals surface area contributed by atoms with E-state index in [9.17, 15) is 39.2 Å². The minimum absolute atomic E-state index is 0.241. The van der Waals surface area contributed by atoms with Gasteiger partial charge in [0.05, 0.1) is 16.0 Å². The lowest BCUT2D eigenvalue weighted by atomic mass is 10.1. The minimum atomic E-state index is -4.84. The SMILES string of the molecule is O=S(=O)(NCc1cc(F)cc(C(F)(F)F)c1)c1cccc(C(F)(F)F)c1. The molecule has 2 aromatic carbocycles. The van der Waals surface area contributed by atoms with Crippen LogP contribution in [-0.2, 0) is 28.9 Å². The van der Waals surface area contributed by atoms with Crippen molar-refractivity contribution in [3.63, 3.8) is 0 Å². The van der Waals surface area contributed by atoms with Crippen LogP contribution in [-0.4, -0.2) is 8.42 Å². The molecule has 0 aliphatic carbocycles. The summed E-state index contributed by atoms with van der Waals surface area (Å²) in [6, 6.07) is 4.29. The smallest absolute Gasteiger partial charge is 0.207 e. The fraction of sp³-hybridized carbons (Fsp3) is 0.200. The number of alkyl halides is 6. The number of hydrogen-bond donors (Lipinski definition) is 1. The highest BCUT2D eigenvalue weighted by Crippen LogP contribution is 2.31. The zero-order chi connectivity index (χ0) is 19.8. The van der Waals surface area contributed by atoms with Crippen molar-refractivity contribution in [3.05, 3.63) is 65.0 Å². The standard InChI is InChI=1S/C15H10F7NO2S/c16-12-5-9(4-11(6-12)15(20,21)22)8-23-26(24,25)13-3-1-2-10(7-13)14(17,18)19/h1-7,23H,8H2. The molecule has 2 aromatic rings. The van der Waals surface area contributed by atoms with Crippen LogP contribution in [0.5, 0.6) is 0 Å². The summed E-state index contributed by atoms with van der Waals surface area (Å²) in [6.45, 7) is -0.737. The van der Waals surface area contributed by atoms with Crippen LogP contribution in [0.15, 0.2) is 47.4 Å². The highest BCUT2D eigenvalue weighted by Gasteiger charge is 2.32. The van der Waals surface area contributed by atoms with Gasteiger partial charge >= 0.3 is 12.4 Å². The van der Waals surface area contributed by atoms with E-state index in [1.54, 1.807) is 0 Å². The lowest BCUT2D eigenvalue weighted by Crippen LogP contribution is -2.24. The van der Waals surface area contributed by atoms with Gasteiger partial charge in [-0.2, -0.15) is 26.3 Å². The quantitative estimate of drug-likeness (QED) is 0.775. The van der Waals surface area contributed by atoms with Crippen LogP contribution in [0.1, 0.15) is 16.7 Å². The summed E-state index contributed by atoms with van der Waals surface area (Å²) < 4.78 is 115. The molecule has 0 aromatic heterocycles. The number of hydrogen-bond acceptors (Lipinski definition) is 2. The average Bonchev–Trinajstić information content (AvgIpc) is 2.51. The Balaban J connectivity index is 2.25. The number of benzene rings is 2. The molecule has 1 N–H and O–H groups in total. The van der Waals surface area contributed by atoms with Gasteiger partial charge in [0.15, 0.2) is 0 Å². The van der Waals surface area contributed by atoms with Gasteiger partial charge in [-0.1, -0.05) is 6.07 Å². The van der Waals surface area contributed by atoms with E-state index in [1.807, 2.05) is 4.72 Å². The fourth-order valence-electron chi connectivity index (χ4n) is 2.02. The number of nitrogens with one attached hydrogen (secondary N) is 1. The van der Waals surface area contributed by atoms with Crippen molar-refractivity contribution in [1.82, 2.24) is 4.72 Å². The largest absolute Gasteiger partial charge is 0.416 e. The molecular formula is C15H10F7NO2S. The summed E-state index contributed by atoms with van der Waals surface area (Å²) in [7, 11) is -4.46. The van der Waals surface area contributed by atoms with Crippen molar-refractivity contribution in [1.29, 1.82) is 0 Å². The van der Waals surface area contributed by atoms with Crippen LogP contribution >= 0.6 is 0 Å². The molecule has 142 valence electrons. The van der Waals surface area contributed by atoms with Crippen molar-refractivity contribution in [2.75, 3.05) is 0 Å². The van der Waals surface area contributed by atoms with Crippen LogP contribution in [0, 0.1) is 5.82 Å². The van der Waals surface area contributed by atoms with Gasteiger partial charge in [-0.15, -0.1) is 0 Å². The summed E-state index contributed by atoms with van der Waals surface area (Å²) in [6.07, 6.45) is -9.60. The zero-order valence-electron chi connectivity index (χ0n) is 12.6. The third-order valence-electron chi connectivity index (χ3n) is 3.22. The first kappa shape index (κ1) is 20.2. The molecule has 0 heterocycles. The molecule has 3 nitrogen and oxygen atoms in total. The monoisotopic (exact) mass is 401 g/mol. The van der Waals surface area contributed by atoms with Gasteiger partial charge in [0.2, 0.25) is 10.0 Å². The average molecular weight is 401 g/mol. The van der Waals surface area contributed by atoms with Crippen LogP contribution in [0.2, 0.25) is 0 Å². The van der Waals surface area contributed by atoms with E-state index in [-0.39, 0.29) is 11.6 Å². The third-order valence-corrected chi connectivity index (χ3v) is 4.62. The Bertz CT molecular complexity index is 905. The first-order chi connectivity index (χ1) is 11.8. The first-order valence-corrected chi connectivity index (χ1v) is 8.31. The maximum atomic E-state index is 13.3. The summed E-state index contributed by atoms with van der Waals surface area (Å²) >= 11 is 0. The van der Waals surface area contributed by atoms with E-state index in [0.717, 1.165) is 12.1 Å². The Morgan fingerprint density at radius 1 is 0.846 bits per heavy atom. The highest BCUT2D eigenvalue weighted by molar-refractivity contribution is 7.89. The molecule has 0 spiro atoms. The van der Waals surface area contributed by atoms with E-state index in [0.29, 0.717) is 24.3 Å². The molecule has 0 radical (unpaired) electrons. The maximum absolute atomic E-state index is 13.3. The highest BCUT2D eigenvalue weighted by atomic mass is 32.2. The predicted octanol–water partition coefficient (Wildman–Crippen LogP) is 4.34. The molecule has 0 aliphatic rings. The predicted molar refractivity (Wildman–Crippen MR) is 76.9 cm³/mol. The fourth-order valence-corrected chi connectivity index (χ4v) is 3.08. The summed E-state index contributed by atoms with van der Waals surface area (Å²) in [5, 5.41) is 0. The lowest BCUT2D eigenvalue weighted by Gasteiger charge is -2.12. The number of sulfonamides is 1. The Labute approximate surface area is 143 Å². The van der Waals surface area contributed by atoms with Crippen LogP contribution in [0.3, 0.4) is 0 Å². The molecule has 0 saturated heterocycles. The van der Waals surface area contributed by atoms with Crippen LogP contribution in [0.4, 0.5) is 30.7 Å². The van der Waals surface area contributed by atoms with E-state index in [4.69, 9.17) is 0 Å². The van der Waals surface area contributed by atoms with Crippen molar-refractivity contribution in [2.45, 2.75) is 23.8 Å². The Morgan fingerprint density at radius 2 is 1.46 bits per heavy atom. The molecule has 0 unspecified atom stereocenters. The summed E-state index contributed by atoms with van der Waals surface area (Å²) in [4.78, 5) is -0.722. The maximum Gasteiger partial charge on any atom is 0.416 e. The van der Waals surface area contributed by atoms with Gasteiger partial charge in [0.25, 0.3) is 0 Å². The van der Waals surface area contributed by atoms with E-state index < -0.39 is 50.8 Å². The van der Waals surface area contributed by atoms with Crippen molar-refractivity contribution in [2.24, 2.45) is 0 Å². The molecule has 0 aliphatic heterocycles. The molecule has 2 rings (SSSR count). The number of halogens is 7. The van der Waals surface area contributed by atoms with Gasteiger partial charge in [-0.25, -0.2) is 17.5 Å². The summed E-state index contributed by atoms with van der Waals surface area (Å²) in [5.74, 6) is -1.23. The van der Waals surface area contributed by atoms with E-state index in [1.165, 1.54) is 0 Å². The van der Waals surface area contributed by atoms with E-state index >= 15 is 0 Å². The molecule has 0 amide bonds. The Hall–Kier alpha value is -2.14. The second kappa shape index (κ2) is 6.88. The Kier molecular flexibility index (Phi) is 5.34. The van der Waals surface area contributed by atoms with E-state index in [2.05, 4.69) is 0 Å². The molecule has 0 atom stereocenters. The molecule has 11 heteroatoms. The van der Waals surface area contributed by atoms with Gasteiger partial charge in [0, 0.05) is 6.54 Å². The molecule has 26 heavy (non-hydrogen) atoms. The minimum Gasteiger partial charge on any atom is -0.207 e. The topological polar surface area (TPSA) is 46.2 Å². The van der Waals surface area contributed by atoms with Gasteiger partial charge in [-0.05, 0) is 42.0 Å². The summed E-state index contributed by atoms with van der Waals surface area (Å²) in [5.41, 5.74) is -2.86. The number of rotatable bonds is 4. The lowest BCUT2D eigenvalue weighted by molar-refractivity contribution is -0.138. The third kappa shape index (κ3) is 4.94. The zero-order valence-corrected chi connectivity index (χ0v) is 13.4. The van der Waals surface area contributed by atoms with Crippen molar-refractivity contribution >= 4 is 10.0 Å². The first-order valence-electron chi connectivity index (χ1n) is 6.82. The van der Waals surface area contributed by atoms with Gasteiger partial charge in [0.1, 0.15) is 5.82 Å². The van der Waals surface area contributed by atoms with Crippen molar-refractivity contribution < 1.29 is 39.2 Å². The molecular weight excluding hydrogens is 391 g/mol. The Morgan fingerprint density at radius 3 is 2.04 bits per heavy atom. The second-order valence-corrected chi connectivity index (χ2v) is 6.96. The van der Waals surface area contributed by atoms with Gasteiger partial charge < -0.3 is 0 Å². The van der Waals surface area contributed by atoms with Crippen LogP contribution in [0.25, 0.3) is 0 Å². The molecule has 0 fully saturated rings. The normalized spacial score (nSPS) is 13.0. The van der Waals surface area contributed by atoms with Crippen molar-refractivity contribution in [3.8, 4) is 0 Å². The molecule has 0 bridgehead atoms.